The fraction of sp³-hybridized carbons (Fsp3) is 0.524. The molecule has 5 nitrogen and oxygen atoms in total. The molecule has 156 valence electrons. The normalized spacial score (nSPS) is 22.8. The van der Waals surface area contributed by atoms with Gasteiger partial charge in [0, 0.05) is 30.6 Å². The van der Waals surface area contributed by atoms with Crippen molar-refractivity contribution < 1.29 is 14.3 Å². The number of rotatable bonds is 4. The van der Waals surface area contributed by atoms with E-state index >= 15 is 0 Å². The number of aromatic hydroxyl groups is 1. The van der Waals surface area contributed by atoms with Crippen LogP contribution >= 0.6 is 24.8 Å². The van der Waals surface area contributed by atoms with Crippen LogP contribution in [-0.2, 0) is 17.7 Å². The zero-order chi connectivity index (χ0) is 18.1. The van der Waals surface area contributed by atoms with E-state index in [1.54, 1.807) is 6.26 Å². The lowest BCUT2D eigenvalue weighted by atomic mass is 9.83. The maximum absolute atomic E-state index is 10.5. The van der Waals surface area contributed by atoms with Crippen LogP contribution in [0.3, 0.4) is 0 Å². The maximum Gasteiger partial charge on any atom is 0.122 e. The van der Waals surface area contributed by atoms with Crippen LogP contribution in [0.1, 0.15) is 41.2 Å². The molecule has 2 aromatic rings. The van der Waals surface area contributed by atoms with Crippen LogP contribution < -0.4 is 5.73 Å². The average molecular weight is 429 g/mol. The van der Waals surface area contributed by atoms with Gasteiger partial charge in [0.25, 0.3) is 0 Å². The molecule has 0 spiro atoms. The molecule has 3 N–H and O–H groups in total. The van der Waals surface area contributed by atoms with Crippen LogP contribution in [0.15, 0.2) is 35.1 Å². The van der Waals surface area contributed by atoms with Gasteiger partial charge in [0.2, 0.25) is 0 Å². The summed E-state index contributed by atoms with van der Waals surface area (Å²) in [6.45, 7) is 5.48. The Morgan fingerprint density at radius 1 is 1.18 bits per heavy atom. The van der Waals surface area contributed by atoms with Gasteiger partial charge in [0.1, 0.15) is 5.75 Å². The van der Waals surface area contributed by atoms with Gasteiger partial charge in [-0.25, -0.2) is 0 Å². The third kappa shape index (κ3) is 4.66. The van der Waals surface area contributed by atoms with Gasteiger partial charge in [0.05, 0.1) is 24.7 Å². The number of benzene rings is 1. The number of halogens is 2. The summed E-state index contributed by atoms with van der Waals surface area (Å²) in [5, 5.41) is 10.5. The Morgan fingerprint density at radius 3 is 2.57 bits per heavy atom. The summed E-state index contributed by atoms with van der Waals surface area (Å²) in [4.78, 5) is 2.47. The van der Waals surface area contributed by atoms with Crippen molar-refractivity contribution in [1.82, 2.24) is 4.90 Å². The van der Waals surface area contributed by atoms with Gasteiger partial charge >= 0.3 is 0 Å². The van der Waals surface area contributed by atoms with E-state index in [1.807, 2.05) is 25.3 Å². The van der Waals surface area contributed by atoms with Crippen LogP contribution in [0.2, 0.25) is 0 Å². The van der Waals surface area contributed by atoms with Gasteiger partial charge in [-0.05, 0) is 56.0 Å². The van der Waals surface area contributed by atoms with Crippen molar-refractivity contribution in [3.8, 4) is 5.75 Å². The number of hydrogen-bond donors (Lipinski definition) is 2. The number of hydrogen-bond acceptors (Lipinski definition) is 5. The fourth-order valence-electron chi connectivity index (χ4n) is 4.40. The zero-order valence-electron chi connectivity index (χ0n) is 16.2. The van der Waals surface area contributed by atoms with Crippen molar-refractivity contribution in [2.75, 3.05) is 19.6 Å². The number of phenolic OH excluding ortho intramolecular Hbond substituents is 1. The van der Waals surface area contributed by atoms with Gasteiger partial charge in [0.15, 0.2) is 0 Å². The molecule has 1 aromatic carbocycles. The molecule has 2 aliphatic rings. The predicted molar refractivity (Wildman–Crippen MR) is 114 cm³/mol. The average Bonchev–Trinajstić information content (AvgIpc) is 3.17. The molecule has 1 fully saturated rings. The summed E-state index contributed by atoms with van der Waals surface area (Å²) < 4.78 is 11.5. The van der Waals surface area contributed by atoms with Gasteiger partial charge in [-0.15, -0.1) is 24.8 Å². The van der Waals surface area contributed by atoms with Gasteiger partial charge in [-0.3, -0.25) is 4.90 Å². The van der Waals surface area contributed by atoms with Crippen molar-refractivity contribution in [3.05, 3.63) is 53.0 Å². The van der Waals surface area contributed by atoms with Crippen molar-refractivity contribution in [1.29, 1.82) is 0 Å². The molecule has 28 heavy (non-hydrogen) atoms. The van der Waals surface area contributed by atoms with Crippen LogP contribution in [0.25, 0.3) is 0 Å². The van der Waals surface area contributed by atoms with Crippen molar-refractivity contribution in [2.24, 2.45) is 11.7 Å². The third-order valence-corrected chi connectivity index (χ3v) is 5.97. The number of likely N-dealkylation sites (tertiary alicyclic amines) is 1. The lowest BCUT2D eigenvalue weighted by molar-refractivity contribution is -0.0651. The smallest absolute Gasteiger partial charge is 0.122 e. The molecular weight excluding hydrogens is 399 g/mol. The Hall–Kier alpha value is -1.24. The van der Waals surface area contributed by atoms with E-state index in [0.29, 0.717) is 18.2 Å². The molecule has 7 heteroatoms. The molecular formula is C21H30Cl2N2O3. The van der Waals surface area contributed by atoms with E-state index in [1.165, 1.54) is 5.56 Å². The SMILES string of the molecule is Cc1ccc2c(c1O)C[C@@H](C1CCN(Cc3ccoc3)CC1)O[C@H]2CN.Cl.Cl. The monoisotopic (exact) mass is 428 g/mol. The first-order chi connectivity index (χ1) is 12.7. The highest BCUT2D eigenvalue weighted by atomic mass is 35.5. The number of aryl methyl sites for hydroxylation is 1. The van der Waals surface area contributed by atoms with E-state index in [-0.39, 0.29) is 37.0 Å². The van der Waals surface area contributed by atoms with Crippen LogP contribution in [-0.4, -0.2) is 35.7 Å². The molecule has 0 amide bonds. The summed E-state index contributed by atoms with van der Waals surface area (Å²) in [5.74, 6) is 0.935. The van der Waals surface area contributed by atoms with Crippen molar-refractivity contribution in [2.45, 2.75) is 44.9 Å². The minimum atomic E-state index is -0.112. The summed E-state index contributed by atoms with van der Waals surface area (Å²) in [6.07, 6.45) is 6.59. The Labute approximate surface area is 179 Å². The number of fused-ring (bicyclic) bond motifs is 1. The van der Waals surface area contributed by atoms with E-state index in [2.05, 4.69) is 11.0 Å². The maximum atomic E-state index is 10.5. The second-order valence-corrected chi connectivity index (χ2v) is 7.65. The number of ether oxygens (including phenoxy) is 1. The van der Waals surface area contributed by atoms with E-state index in [9.17, 15) is 5.11 Å². The quantitative estimate of drug-likeness (QED) is 0.769. The zero-order valence-corrected chi connectivity index (χ0v) is 17.8. The number of phenols is 1. The lowest BCUT2D eigenvalue weighted by Crippen LogP contribution is -2.41. The van der Waals surface area contributed by atoms with Crippen LogP contribution in [0, 0.1) is 12.8 Å². The first kappa shape index (κ1) is 23.0. The summed E-state index contributed by atoms with van der Waals surface area (Å²) in [6, 6.07) is 6.05. The summed E-state index contributed by atoms with van der Waals surface area (Å²) in [7, 11) is 0. The number of furan rings is 1. The third-order valence-electron chi connectivity index (χ3n) is 5.97. The number of piperidine rings is 1. The van der Waals surface area contributed by atoms with Gasteiger partial charge in [-0.2, -0.15) is 0 Å². The van der Waals surface area contributed by atoms with Crippen LogP contribution in [0.4, 0.5) is 0 Å². The Balaban J connectivity index is 0.00000140. The van der Waals surface area contributed by atoms with E-state index in [4.69, 9.17) is 14.9 Å². The van der Waals surface area contributed by atoms with Gasteiger partial charge < -0.3 is 20.0 Å². The minimum Gasteiger partial charge on any atom is -0.507 e. The molecule has 1 aromatic heterocycles. The minimum absolute atomic E-state index is 0. The highest BCUT2D eigenvalue weighted by Crippen LogP contribution is 2.40. The molecule has 0 aliphatic carbocycles. The Kier molecular flexibility index (Phi) is 8.22. The highest BCUT2D eigenvalue weighted by Gasteiger charge is 2.35. The molecule has 0 bridgehead atoms. The molecule has 1 saturated heterocycles. The van der Waals surface area contributed by atoms with E-state index in [0.717, 1.165) is 55.6 Å². The first-order valence-corrected chi connectivity index (χ1v) is 9.56. The number of nitrogens with two attached hydrogens (primary N) is 1. The number of nitrogens with zero attached hydrogens (tertiary/aromatic N) is 1. The fourth-order valence-corrected chi connectivity index (χ4v) is 4.40. The molecule has 0 unspecified atom stereocenters. The van der Waals surface area contributed by atoms with E-state index < -0.39 is 0 Å². The second-order valence-electron chi connectivity index (χ2n) is 7.65. The molecule has 0 radical (unpaired) electrons. The molecule has 4 rings (SSSR count). The van der Waals surface area contributed by atoms with Crippen molar-refractivity contribution >= 4 is 24.8 Å². The Bertz CT molecular complexity index is 746. The Morgan fingerprint density at radius 2 is 1.93 bits per heavy atom. The highest BCUT2D eigenvalue weighted by molar-refractivity contribution is 5.85. The largest absolute Gasteiger partial charge is 0.507 e. The topological polar surface area (TPSA) is 71.9 Å². The standard InChI is InChI=1S/C21H28N2O3.2ClH/c1-14-2-3-17-18(21(14)24)10-19(26-20(17)11-22)16-4-7-23(8-5-16)12-15-6-9-25-13-15;;/h2-3,6,9,13,16,19-20,24H,4-5,7-8,10-12,22H2,1H3;2*1H/t19-,20-;;/m0../s1. The summed E-state index contributed by atoms with van der Waals surface area (Å²) >= 11 is 0. The first-order valence-electron chi connectivity index (χ1n) is 9.56. The molecule has 2 aliphatic heterocycles. The lowest BCUT2D eigenvalue weighted by Gasteiger charge is -2.40. The molecule has 2 atom stereocenters. The van der Waals surface area contributed by atoms with Gasteiger partial charge in [-0.1, -0.05) is 12.1 Å². The summed E-state index contributed by atoms with van der Waals surface area (Å²) in [5.41, 5.74) is 10.2. The molecule has 0 saturated carbocycles. The second kappa shape index (κ2) is 9.99. The molecule has 3 heterocycles. The van der Waals surface area contributed by atoms with Crippen LogP contribution in [0.5, 0.6) is 5.75 Å². The predicted octanol–water partition coefficient (Wildman–Crippen LogP) is 3.99. The van der Waals surface area contributed by atoms with Crippen molar-refractivity contribution in [3.63, 3.8) is 0 Å².